The van der Waals surface area contributed by atoms with Crippen molar-refractivity contribution < 1.29 is 32.2 Å². The number of benzene rings is 1. The molecule has 1 aliphatic heterocycles. The molecule has 0 aliphatic carbocycles. The van der Waals surface area contributed by atoms with Crippen LogP contribution in [-0.2, 0) is 20.4 Å². The summed E-state index contributed by atoms with van der Waals surface area (Å²) in [6, 6.07) is 3.99. The van der Waals surface area contributed by atoms with Crippen molar-refractivity contribution in [2.75, 3.05) is 6.73 Å². The fourth-order valence-electron chi connectivity index (χ4n) is 3.18. The molecule has 1 aromatic rings. The minimum atomic E-state index is -4.43. The van der Waals surface area contributed by atoms with Gasteiger partial charge in [-0.05, 0) is 56.9 Å². The molecule has 1 fully saturated rings. The fraction of sp³-hybridized carbons (Fsp3) is 0.455. The lowest BCUT2D eigenvalue weighted by Crippen LogP contribution is -2.54. The number of nitrogens with zero attached hydrogens (tertiary/aromatic N) is 1. The summed E-state index contributed by atoms with van der Waals surface area (Å²) in [7, 11) is 0. The first-order valence-electron chi connectivity index (χ1n) is 9.46. The normalized spacial score (nSPS) is 19.8. The van der Waals surface area contributed by atoms with E-state index in [2.05, 4.69) is 13.2 Å². The molecule has 0 aromatic heterocycles. The molecule has 5 nitrogen and oxygen atoms in total. The molecule has 0 N–H and O–H groups in total. The third-order valence-corrected chi connectivity index (χ3v) is 4.64. The SMILES string of the molecule is C=CC[C@H]1[C@H](CC(=C)c2ccc(C(F)(F)F)cc2)C(=O)OCN1C(=O)OC(C)(C)C. The van der Waals surface area contributed by atoms with Crippen molar-refractivity contribution in [1.29, 1.82) is 0 Å². The summed E-state index contributed by atoms with van der Waals surface area (Å²) in [4.78, 5) is 26.4. The molecule has 1 saturated heterocycles. The van der Waals surface area contributed by atoms with Gasteiger partial charge >= 0.3 is 18.2 Å². The van der Waals surface area contributed by atoms with Crippen LogP contribution in [0.3, 0.4) is 0 Å². The van der Waals surface area contributed by atoms with E-state index in [-0.39, 0.29) is 13.2 Å². The van der Waals surface area contributed by atoms with E-state index in [0.29, 0.717) is 17.6 Å². The van der Waals surface area contributed by atoms with Crippen LogP contribution in [-0.4, -0.2) is 35.3 Å². The maximum absolute atomic E-state index is 12.8. The van der Waals surface area contributed by atoms with Crippen LogP contribution in [0.4, 0.5) is 18.0 Å². The average molecular weight is 425 g/mol. The highest BCUT2D eigenvalue weighted by atomic mass is 19.4. The molecular weight excluding hydrogens is 399 g/mol. The minimum Gasteiger partial charge on any atom is -0.444 e. The topological polar surface area (TPSA) is 55.8 Å². The van der Waals surface area contributed by atoms with Crippen molar-refractivity contribution >= 4 is 17.6 Å². The zero-order chi connectivity index (χ0) is 22.7. The monoisotopic (exact) mass is 425 g/mol. The molecule has 164 valence electrons. The van der Waals surface area contributed by atoms with Gasteiger partial charge < -0.3 is 9.47 Å². The van der Waals surface area contributed by atoms with Crippen LogP contribution in [0.15, 0.2) is 43.5 Å². The number of rotatable bonds is 5. The van der Waals surface area contributed by atoms with Gasteiger partial charge in [0.2, 0.25) is 0 Å². The lowest BCUT2D eigenvalue weighted by Gasteiger charge is -2.40. The van der Waals surface area contributed by atoms with Gasteiger partial charge in [0.15, 0.2) is 6.73 Å². The van der Waals surface area contributed by atoms with Crippen LogP contribution < -0.4 is 0 Å². The van der Waals surface area contributed by atoms with Gasteiger partial charge in [-0.2, -0.15) is 13.2 Å². The summed E-state index contributed by atoms with van der Waals surface area (Å²) in [5.41, 5.74) is -0.554. The number of amides is 1. The number of allylic oxidation sites excluding steroid dienone is 1. The fourth-order valence-corrected chi connectivity index (χ4v) is 3.18. The number of halogens is 3. The Morgan fingerprint density at radius 3 is 2.37 bits per heavy atom. The van der Waals surface area contributed by atoms with E-state index < -0.39 is 41.4 Å². The number of hydrogen-bond acceptors (Lipinski definition) is 4. The van der Waals surface area contributed by atoms with Crippen molar-refractivity contribution in [3.05, 3.63) is 54.6 Å². The van der Waals surface area contributed by atoms with E-state index in [4.69, 9.17) is 9.47 Å². The van der Waals surface area contributed by atoms with Crippen molar-refractivity contribution in [2.45, 2.75) is 51.4 Å². The number of carbonyl (C=O) groups excluding carboxylic acids is 2. The maximum atomic E-state index is 12.8. The summed E-state index contributed by atoms with van der Waals surface area (Å²) in [5, 5.41) is 0. The quantitative estimate of drug-likeness (QED) is 0.467. The first kappa shape index (κ1) is 23.5. The summed E-state index contributed by atoms with van der Waals surface area (Å²) in [6.45, 7) is 12.6. The van der Waals surface area contributed by atoms with E-state index in [1.807, 2.05) is 0 Å². The minimum absolute atomic E-state index is 0.113. The first-order valence-corrected chi connectivity index (χ1v) is 9.46. The second-order valence-corrected chi connectivity index (χ2v) is 8.12. The lowest BCUT2D eigenvalue weighted by atomic mass is 9.86. The second-order valence-electron chi connectivity index (χ2n) is 8.12. The van der Waals surface area contributed by atoms with Crippen molar-refractivity contribution in [3.8, 4) is 0 Å². The smallest absolute Gasteiger partial charge is 0.416 e. The number of hydrogen-bond donors (Lipinski definition) is 0. The maximum Gasteiger partial charge on any atom is 0.416 e. The van der Waals surface area contributed by atoms with E-state index in [9.17, 15) is 22.8 Å². The molecule has 8 heteroatoms. The van der Waals surface area contributed by atoms with Gasteiger partial charge in [0, 0.05) is 0 Å². The molecule has 0 bridgehead atoms. The van der Waals surface area contributed by atoms with Gasteiger partial charge in [0.25, 0.3) is 0 Å². The number of cyclic esters (lactones) is 1. The van der Waals surface area contributed by atoms with Crippen LogP contribution in [0.1, 0.15) is 44.7 Å². The molecule has 1 aliphatic rings. The molecular formula is C22H26F3NO4. The Kier molecular flexibility index (Phi) is 7.00. The largest absolute Gasteiger partial charge is 0.444 e. The molecule has 1 heterocycles. The van der Waals surface area contributed by atoms with Crippen LogP contribution in [0, 0.1) is 5.92 Å². The molecule has 2 atom stereocenters. The zero-order valence-corrected chi connectivity index (χ0v) is 17.3. The standard InChI is InChI=1S/C22H26F3NO4/c1-6-7-18-17(19(27)29-13-26(18)20(28)30-21(3,4)5)12-14(2)15-8-10-16(11-9-15)22(23,24)25/h6,8-11,17-18H,1-2,7,12-13H2,3-5H3/t17-,18-/m0/s1. The summed E-state index contributed by atoms with van der Waals surface area (Å²) < 4.78 is 48.9. The van der Waals surface area contributed by atoms with Crippen LogP contribution in [0.2, 0.25) is 0 Å². The Morgan fingerprint density at radius 1 is 1.27 bits per heavy atom. The molecule has 0 spiro atoms. The lowest BCUT2D eigenvalue weighted by molar-refractivity contribution is -0.166. The van der Waals surface area contributed by atoms with Gasteiger partial charge in [-0.25, -0.2) is 4.79 Å². The summed E-state index contributed by atoms with van der Waals surface area (Å²) in [6.07, 6.45) is -3.03. The van der Waals surface area contributed by atoms with Gasteiger partial charge in [0.05, 0.1) is 17.5 Å². The number of esters is 1. The zero-order valence-electron chi connectivity index (χ0n) is 17.3. The van der Waals surface area contributed by atoms with Crippen LogP contribution in [0.25, 0.3) is 5.57 Å². The highest BCUT2D eigenvalue weighted by Gasteiger charge is 2.42. The molecule has 2 rings (SSSR count). The van der Waals surface area contributed by atoms with Crippen molar-refractivity contribution in [3.63, 3.8) is 0 Å². The predicted molar refractivity (Wildman–Crippen MR) is 106 cm³/mol. The Balaban J connectivity index is 2.22. The summed E-state index contributed by atoms with van der Waals surface area (Å²) >= 11 is 0. The van der Waals surface area contributed by atoms with E-state index >= 15 is 0 Å². The number of ether oxygens (including phenoxy) is 2. The third-order valence-electron chi connectivity index (χ3n) is 4.64. The average Bonchev–Trinajstić information content (AvgIpc) is 2.62. The van der Waals surface area contributed by atoms with E-state index in [1.54, 1.807) is 26.8 Å². The second kappa shape index (κ2) is 8.93. The molecule has 0 unspecified atom stereocenters. The van der Waals surface area contributed by atoms with Gasteiger partial charge in [-0.15, -0.1) is 6.58 Å². The van der Waals surface area contributed by atoms with Crippen molar-refractivity contribution in [1.82, 2.24) is 4.90 Å². The van der Waals surface area contributed by atoms with E-state index in [1.165, 1.54) is 17.0 Å². The highest BCUT2D eigenvalue weighted by molar-refractivity contribution is 5.80. The van der Waals surface area contributed by atoms with Gasteiger partial charge in [-0.3, -0.25) is 9.69 Å². The molecule has 1 amide bonds. The Labute approximate surface area is 174 Å². The Morgan fingerprint density at radius 2 is 1.87 bits per heavy atom. The number of alkyl halides is 3. The summed E-state index contributed by atoms with van der Waals surface area (Å²) in [5.74, 6) is -1.26. The molecule has 30 heavy (non-hydrogen) atoms. The number of carbonyl (C=O) groups is 2. The van der Waals surface area contributed by atoms with Crippen LogP contribution in [0.5, 0.6) is 0 Å². The molecule has 0 saturated carbocycles. The Bertz CT molecular complexity index is 809. The van der Waals surface area contributed by atoms with Crippen LogP contribution >= 0.6 is 0 Å². The highest BCUT2D eigenvalue weighted by Crippen LogP contribution is 2.34. The third kappa shape index (κ3) is 5.87. The van der Waals surface area contributed by atoms with Crippen molar-refractivity contribution in [2.24, 2.45) is 5.92 Å². The molecule has 0 radical (unpaired) electrons. The van der Waals surface area contributed by atoms with E-state index in [0.717, 1.165) is 12.1 Å². The first-order chi connectivity index (χ1) is 13.8. The van der Waals surface area contributed by atoms with Gasteiger partial charge in [-0.1, -0.05) is 24.8 Å². The molecule has 1 aromatic carbocycles. The van der Waals surface area contributed by atoms with Gasteiger partial charge in [0.1, 0.15) is 5.60 Å². The Hall–Kier alpha value is -2.77. The predicted octanol–water partition coefficient (Wildman–Crippen LogP) is 5.42.